The van der Waals surface area contributed by atoms with E-state index in [1.807, 2.05) is 48.5 Å². The Hall–Kier alpha value is -3.67. The maximum absolute atomic E-state index is 14.2. The molecule has 1 fully saturated rings. The van der Waals surface area contributed by atoms with E-state index >= 15 is 0 Å². The van der Waals surface area contributed by atoms with Crippen molar-refractivity contribution in [1.82, 2.24) is 0 Å². The summed E-state index contributed by atoms with van der Waals surface area (Å²) in [4.78, 5) is 43.0. The third kappa shape index (κ3) is 3.76. The molecule has 0 unspecified atom stereocenters. The first-order valence-electron chi connectivity index (χ1n) is 12.2. The Morgan fingerprint density at radius 2 is 1.69 bits per heavy atom. The molecule has 36 heavy (non-hydrogen) atoms. The van der Waals surface area contributed by atoms with Crippen LogP contribution in [0.4, 0.5) is 5.69 Å². The van der Waals surface area contributed by atoms with E-state index in [1.165, 1.54) is 7.11 Å². The minimum atomic E-state index is -1.31. The molecule has 2 aliphatic rings. The number of anilines is 1. The van der Waals surface area contributed by atoms with Crippen molar-refractivity contribution >= 4 is 34.0 Å². The summed E-state index contributed by atoms with van der Waals surface area (Å²) in [6.45, 7) is 4.35. The van der Waals surface area contributed by atoms with Crippen molar-refractivity contribution in [2.75, 3.05) is 25.7 Å². The summed E-state index contributed by atoms with van der Waals surface area (Å²) >= 11 is 0. The molecule has 6 heteroatoms. The molecule has 2 atom stereocenters. The fourth-order valence-corrected chi connectivity index (χ4v) is 6.02. The first-order valence-corrected chi connectivity index (χ1v) is 12.2. The number of methoxy groups -OCH3 is 2. The van der Waals surface area contributed by atoms with Gasteiger partial charge in [-0.1, -0.05) is 56.3 Å². The number of benzene rings is 3. The molecule has 1 saturated carbocycles. The Labute approximate surface area is 211 Å². The molecule has 0 amide bonds. The van der Waals surface area contributed by atoms with Gasteiger partial charge >= 0.3 is 5.97 Å². The van der Waals surface area contributed by atoms with Crippen molar-refractivity contribution in [1.29, 1.82) is 0 Å². The van der Waals surface area contributed by atoms with Crippen LogP contribution in [0.2, 0.25) is 0 Å². The van der Waals surface area contributed by atoms with E-state index in [2.05, 4.69) is 17.0 Å². The van der Waals surface area contributed by atoms with Gasteiger partial charge < -0.3 is 14.4 Å². The summed E-state index contributed by atoms with van der Waals surface area (Å²) in [6.07, 6.45) is 0.430. The average Bonchev–Trinajstić information content (AvgIpc) is 2.87. The summed E-state index contributed by atoms with van der Waals surface area (Å²) < 4.78 is 10.4. The summed E-state index contributed by atoms with van der Waals surface area (Å²) in [6, 6.07) is 20.0. The molecule has 3 aromatic rings. The Morgan fingerprint density at radius 3 is 2.39 bits per heavy atom. The smallest absolute Gasteiger partial charge is 0.316 e. The summed E-state index contributed by atoms with van der Waals surface area (Å²) in [5.74, 6) is -1.22. The van der Waals surface area contributed by atoms with Gasteiger partial charge in [-0.15, -0.1) is 0 Å². The molecular formula is C30H31NO5. The molecule has 0 aromatic heterocycles. The van der Waals surface area contributed by atoms with Crippen LogP contribution < -0.4 is 9.64 Å². The number of nitrogens with zero attached hydrogens (tertiary/aromatic N) is 1. The fourth-order valence-electron chi connectivity index (χ4n) is 6.02. The number of hydrogen-bond donors (Lipinski definition) is 0. The molecule has 1 aliphatic heterocycles. The van der Waals surface area contributed by atoms with Gasteiger partial charge in [-0.05, 0) is 51.9 Å². The van der Waals surface area contributed by atoms with Gasteiger partial charge in [0.15, 0.2) is 5.78 Å². The van der Waals surface area contributed by atoms with E-state index in [4.69, 9.17) is 9.47 Å². The van der Waals surface area contributed by atoms with E-state index in [1.54, 1.807) is 21.0 Å². The number of esters is 1. The fraction of sp³-hybridized carbons (Fsp3) is 0.367. The van der Waals surface area contributed by atoms with Crippen LogP contribution in [0, 0.1) is 16.7 Å². The zero-order chi connectivity index (χ0) is 25.7. The molecular weight excluding hydrogens is 454 g/mol. The van der Waals surface area contributed by atoms with Gasteiger partial charge in [0.1, 0.15) is 22.9 Å². The molecule has 0 saturated heterocycles. The van der Waals surface area contributed by atoms with Crippen molar-refractivity contribution in [3.05, 3.63) is 71.8 Å². The minimum Gasteiger partial charge on any atom is -0.497 e. The first kappa shape index (κ1) is 24.0. The quantitative estimate of drug-likeness (QED) is 0.392. The van der Waals surface area contributed by atoms with Crippen molar-refractivity contribution in [2.24, 2.45) is 16.7 Å². The van der Waals surface area contributed by atoms with Gasteiger partial charge in [0, 0.05) is 25.2 Å². The second-order valence-corrected chi connectivity index (χ2v) is 10.7. The number of carbonyl (C=O) groups is 3. The molecule has 0 N–H and O–H groups in total. The number of ether oxygens (including phenoxy) is 2. The highest BCUT2D eigenvalue weighted by Gasteiger charge is 2.61. The van der Waals surface area contributed by atoms with Crippen molar-refractivity contribution in [2.45, 2.75) is 33.2 Å². The van der Waals surface area contributed by atoms with Gasteiger partial charge in [0.2, 0.25) is 0 Å². The second-order valence-electron chi connectivity index (χ2n) is 10.7. The lowest BCUT2D eigenvalue weighted by Gasteiger charge is -2.49. The van der Waals surface area contributed by atoms with Crippen LogP contribution in [0.1, 0.15) is 31.4 Å². The molecule has 1 aliphatic carbocycles. The largest absolute Gasteiger partial charge is 0.497 e. The standard InChI is InChI=1S/C30H31NO5/c1-29(2)16-25(32)30(27(33)26(29)28(34)36-4)15-23-22-8-6-5-7-20(22)11-14-24(23)31(18-30)17-19-9-12-21(35-3)13-10-19/h5-14,26H,15-18H2,1-4H3/t26-,30+/m0/s1. The molecule has 0 bridgehead atoms. The molecule has 0 radical (unpaired) electrons. The molecule has 5 rings (SSSR count). The normalized spacial score (nSPS) is 23.0. The van der Waals surface area contributed by atoms with E-state index in [9.17, 15) is 14.4 Å². The maximum atomic E-state index is 14.2. The van der Waals surface area contributed by atoms with Crippen molar-refractivity contribution in [3.8, 4) is 5.75 Å². The number of fused-ring (bicyclic) bond motifs is 3. The predicted octanol–water partition coefficient (Wildman–Crippen LogP) is 4.75. The summed E-state index contributed by atoms with van der Waals surface area (Å²) in [5, 5.41) is 2.08. The van der Waals surface area contributed by atoms with Crippen LogP contribution in [-0.2, 0) is 32.1 Å². The van der Waals surface area contributed by atoms with Crippen molar-refractivity contribution < 1.29 is 23.9 Å². The van der Waals surface area contributed by atoms with E-state index < -0.39 is 22.7 Å². The SMILES string of the molecule is COC(=O)[C@@H]1C(=O)[C@@]2(Cc3c(ccc4ccccc34)N(Cc3ccc(OC)cc3)C2)C(=O)CC1(C)C. The summed E-state index contributed by atoms with van der Waals surface area (Å²) in [7, 11) is 2.93. The van der Waals surface area contributed by atoms with E-state index in [0.717, 1.165) is 33.3 Å². The Kier molecular flexibility index (Phi) is 5.86. The molecule has 3 aromatic carbocycles. The Balaban J connectivity index is 1.66. The predicted molar refractivity (Wildman–Crippen MR) is 138 cm³/mol. The highest BCUT2D eigenvalue weighted by atomic mass is 16.5. The van der Waals surface area contributed by atoms with Crippen LogP contribution in [0.25, 0.3) is 10.8 Å². The third-order valence-corrected chi connectivity index (χ3v) is 7.93. The van der Waals surface area contributed by atoms with Gasteiger partial charge in [0.25, 0.3) is 0 Å². The van der Waals surface area contributed by atoms with Crippen LogP contribution in [0.3, 0.4) is 0 Å². The van der Waals surface area contributed by atoms with E-state index in [-0.39, 0.29) is 31.0 Å². The number of carbonyl (C=O) groups excluding carboxylic acids is 3. The van der Waals surface area contributed by atoms with Crippen molar-refractivity contribution in [3.63, 3.8) is 0 Å². The molecule has 1 spiro atoms. The number of hydrogen-bond acceptors (Lipinski definition) is 6. The zero-order valence-corrected chi connectivity index (χ0v) is 21.2. The zero-order valence-electron chi connectivity index (χ0n) is 21.2. The van der Waals surface area contributed by atoms with Crippen LogP contribution >= 0.6 is 0 Å². The third-order valence-electron chi connectivity index (χ3n) is 7.93. The average molecular weight is 486 g/mol. The second kappa shape index (κ2) is 8.77. The molecule has 6 nitrogen and oxygen atoms in total. The monoisotopic (exact) mass is 485 g/mol. The van der Waals surface area contributed by atoms with Crippen LogP contribution in [-0.4, -0.2) is 38.3 Å². The maximum Gasteiger partial charge on any atom is 0.316 e. The lowest BCUT2D eigenvalue weighted by molar-refractivity contribution is -0.165. The first-order chi connectivity index (χ1) is 17.2. The highest BCUT2D eigenvalue weighted by Crippen LogP contribution is 2.51. The van der Waals surface area contributed by atoms with Gasteiger partial charge in [-0.25, -0.2) is 0 Å². The topological polar surface area (TPSA) is 72.9 Å². The lowest BCUT2D eigenvalue weighted by Crippen LogP contribution is -2.62. The molecule has 1 heterocycles. The van der Waals surface area contributed by atoms with Gasteiger partial charge in [0.05, 0.1) is 14.2 Å². The Morgan fingerprint density at radius 1 is 0.972 bits per heavy atom. The summed E-state index contributed by atoms with van der Waals surface area (Å²) in [5.41, 5.74) is 0.908. The molecule has 186 valence electrons. The number of Topliss-reactive ketones (excluding diaryl/α,β-unsaturated/α-hetero) is 2. The minimum absolute atomic E-state index is 0.101. The van der Waals surface area contributed by atoms with E-state index in [0.29, 0.717) is 6.54 Å². The number of rotatable bonds is 4. The van der Waals surface area contributed by atoms with Crippen LogP contribution in [0.5, 0.6) is 5.75 Å². The van der Waals surface area contributed by atoms with Crippen LogP contribution in [0.15, 0.2) is 60.7 Å². The van der Waals surface area contributed by atoms with Gasteiger partial charge in [-0.3, -0.25) is 14.4 Å². The number of ketones is 2. The Bertz CT molecular complexity index is 1360. The van der Waals surface area contributed by atoms with Gasteiger partial charge in [-0.2, -0.15) is 0 Å². The lowest BCUT2D eigenvalue weighted by atomic mass is 9.55. The highest BCUT2D eigenvalue weighted by molar-refractivity contribution is 6.18.